The first-order valence-electron chi connectivity index (χ1n) is 9.58. The summed E-state index contributed by atoms with van der Waals surface area (Å²) in [4.78, 5) is 23.9. The summed E-state index contributed by atoms with van der Waals surface area (Å²) in [6.07, 6.45) is 0. The summed E-state index contributed by atoms with van der Waals surface area (Å²) in [5.74, 6) is 0.243. The predicted octanol–water partition coefficient (Wildman–Crippen LogP) is 3.58. The Labute approximate surface area is 175 Å². The largest absolute Gasteiger partial charge is 0.484 e. The second kappa shape index (κ2) is 10.1. The maximum absolute atomic E-state index is 12.0. The van der Waals surface area contributed by atoms with Crippen LogP contribution < -0.4 is 20.3 Å². The van der Waals surface area contributed by atoms with E-state index in [1.165, 1.54) is 0 Å². The molecule has 0 heterocycles. The van der Waals surface area contributed by atoms with Gasteiger partial charge in [0.15, 0.2) is 13.2 Å². The van der Waals surface area contributed by atoms with Crippen molar-refractivity contribution in [2.75, 3.05) is 13.2 Å². The summed E-state index contributed by atoms with van der Waals surface area (Å²) in [7, 11) is 0. The third-order valence-electron chi connectivity index (χ3n) is 4.52. The van der Waals surface area contributed by atoms with Crippen LogP contribution in [-0.2, 0) is 9.59 Å². The molecule has 0 atom stereocenters. The second-order valence-corrected chi connectivity index (χ2v) is 6.78. The van der Waals surface area contributed by atoms with Gasteiger partial charge in [-0.25, -0.2) is 0 Å². The molecule has 0 aromatic heterocycles. The minimum atomic E-state index is -0.475. The first-order valence-corrected chi connectivity index (χ1v) is 9.58. The number of benzene rings is 3. The average Bonchev–Trinajstić information content (AvgIpc) is 2.78. The Kier molecular flexibility index (Phi) is 7.05. The molecule has 6 heteroatoms. The third-order valence-corrected chi connectivity index (χ3v) is 4.52. The van der Waals surface area contributed by atoms with Crippen molar-refractivity contribution in [3.05, 3.63) is 83.9 Å². The van der Waals surface area contributed by atoms with Gasteiger partial charge in [0, 0.05) is 5.56 Å². The van der Waals surface area contributed by atoms with Gasteiger partial charge in [-0.2, -0.15) is 0 Å². The number of hydrogen-bond acceptors (Lipinski definition) is 4. The Morgan fingerprint density at radius 3 is 2.07 bits per heavy atom. The molecular weight excluding hydrogens is 380 g/mol. The smallest absolute Gasteiger partial charge is 0.276 e. The van der Waals surface area contributed by atoms with E-state index in [2.05, 4.69) is 10.9 Å². The lowest BCUT2D eigenvalue weighted by molar-refractivity contribution is -0.131. The summed E-state index contributed by atoms with van der Waals surface area (Å²) in [6.45, 7) is 3.53. The molecule has 6 nitrogen and oxygen atoms in total. The van der Waals surface area contributed by atoms with Gasteiger partial charge < -0.3 is 9.47 Å². The van der Waals surface area contributed by atoms with Crippen molar-refractivity contribution >= 4 is 11.8 Å². The average molecular weight is 404 g/mol. The maximum atomic E-state index is 12.0. The quantitative estimate of drug-likeness (QED) is 0.590. The summed E-state index contributed by atoms with van der Waals surface area (Å²) in [5.41, 5.74) is 8.74. The molecule has 0 unspecified atom stereocenters. The van der Waals surface area contributed by atoms with Crippen LogP contribution in [0.1, 0.15) is 11.1 Å². The van der Waals surface area contributed by atoms with Crippen LogP contribution in [-0.4, -0.2) is 25.0 Å². The van der Waals surface area contributed by atoms with Crippen LogP contribution >= 0.6 is 0 Å². The van der Waals surface area contributed by atoms with E-state index in [0.717, 1.165) is 22.3 Å². The standard InChI is InChI=1S/C24H24N2O4/c1-17-12-13-20(14-18(17)2)29-15-23(27)25-26-24(28)16-30-22-11-7-6-10-21(22)19-8-4-3-5-9-19/h3-14H,15-16H2,1-2H3,(H,25,27)(H,26,28). The monoisotopic (exact) mass is 404 g/mol. The zero-order valence-electron chi connectivity index (χ0n) is 17.0. The first-order chi connectivity index (χ1) is 14.5. The number of aryl methyl sites for hydroxylation is 2. The predicted molar refractivity (Wildman–Crippen MR) is 115 cm³/mol. The molecule has 0 aliphatic heterocycles. The van der Waals surface area contributed by atoms with Gasteiger partial charge in [0.1, 0.15) is 11.5 Å². The molecule has 2 N–H and O–H groups in total. The Balaban J connectivity index is 1.45. The first kappa shape index (κ1) is 20.9. The molecule has 0 saturated heterocycles. The van der Waals surface area contributed by atoms with E-state index in [-0.39, 0.29) is 13.2 Å². The SMILES string of the molecule is Cc1ccc(OCC(=O)NNC(=O)COc2ccccc2-c2ccccc2)cc1C. The number of amides is 2. The fraction of sp³-hybridized carbons (Fsp3) is 0.167. The van der Waals surface area contributed by atoms with Crippen LogP contribution in [0.5, 0.6) is 11.5 Å². The van der Waals surface area contributed by atoms with Crippen molar-refractivity contribution in [1.82, 2.24) is 10.9 Å². The van der Waals surface area contributed by atoms with Crippen molar-refractivity contribution in [2.24, 2.45) is 0 Å². The highest BCUT2D eigenvalue weighted by atomic mass is 16.5. The molecule has 3 rings (SSSR count). The molecule has 0 aliphatic carbocycles. The highest BCUT2D eigenvalue weighted by molar-refractivity contribution is 5.83. The Bertz CT molecular complexity index is 1020. The molecule has 3 aromatic rings. The van der Waals surface area contributed by atoms with E-state index in [1.54, 1.807) is 12.1 Å². The van der Waals surface area contributed by atoms with Crippen molar-refractivity contribution in [3.63, 3.8) is 0 Å². The van der Waals surface area contributed by atoms with Crippen LogP contribution in [0.2, 0.25) is 0 Å². The van der Waals surface area contributed by atoms with Gasteiger partial charge in [-0.3, -0.25) is 20.4 Å². The zero-order chi connectivity index (χ0) is 21.3. The normalized spacial score (nSPS) is 10.2. The number of ether oxygens (including phenoxy) is 2. The molecular formula is C24H24N2O4. The molecule has 0 aliphatic rings. The van der Waals surface area contributed by atoms with Gasteiger partial charge in [0.05, 0.1) is 0 Å². The number of hydrogen-bond donors (Lipinski definition) is 2. The van der Waals surface area contributed by atoms with E-state index >= 15 is 0 Å². The fourth-order valence-electron chi connectivity index (χ4n) is 2.76. The summed E-state index contributed by atoms with van der Waals surface area (Å²) in [5, 5.41) is 0. The van der Waals surface area contributed by atoms with Crippen molar-refractivity contribution in [2.45, 2.75) is 13.8 Å². The lowest BCUT2D eigenvalue weighted by atomic mass is 10.1. The number of nitrogens with one attached hydrogen (secondary N) is 2. The Morgan fingerprint density at radius 2 is 1.37 bits per heavy atom. The second-order valence-electron chi connectivity index (χ2n) is 6.78. The van der Waals surface area contributed by atoms with Crippen LogP contribution in [0.15, 0.2) is 72.8 Å². The van der Waals surface area contributed by atoms with E-state index in [4.69, 9.17) is 9.47 Å². The molecule has 0 saturated carbocycles. The molecule has 0 spiro atoms. The van der Waals surface area contributed by atoms with Crippen LogP contribution in [0.25, 0.3) is 11.1 Å². The lowest BCUT2D eigenvalue weighted by Gasteiger charge is -2.12. The minimum absolute atomic E-state index is 0.208. The fourth-order valence-corrected chi connectivity index (χ4v) is 2.76. The minimum Gasteiger partial charge on any atom is -0.484 e. The number of para-hydroxylation sites is 1. The van der Waals surface area contributed by atoms with E-state index in [9.17, 15) is 9.59 Å². The van der Waals surface area contributed by atoms with Gasteiger partial charge >= 0.3 is 0 Å². The molecule has 154 valence electrons. The number of carbonyl (C=O) groups is 2. The maximum Gasteiger partial charge on any atom is 0.276 e. The molecule has 2 amide bonds. The van der Waals surface area contributed by atoms with Crippen molar-refractivity contribution in [1.29, 1.82) is 0 Å². The summed E-state index contributed by atoms with van der Waals surface area (Å²) in [6, 6.07) is 22.8. The van der Waals surface area contributed by atoms with Gasteiger partial charge in [-0.1, -0.05) is 54.6 Å². The molecule has 30 heavy (non-hydrogen) atoms. The highest BCUT2D eigenvalue weighted by Crippen LogP contribution is 2.29. The number of rotatable bonds is 7. The topological polar surface area (TPSA) is 76.7 Å². The van der Waals surface area contributed by atoms with Crippen LogP contribution in [0.4, 0.5) is 0 Å². The van der Waals surface area contributed by atoms with E-state index < -0.39 is 11.8 Å². The van der Waals surface area contributed by atoms with Gasteiger partial charge in [0.2, 0.25) is 0 Å². The van der Waals surface area contributed by atoms with Crippen LogP contribution in [0, 0.1) is 13.8 Å². The van der Waals surface area contributed by atoms with E-state index in [1.807, 2.05) is 74.5 Å². The highest BCUT2D eigenvalue weighted by Gasteiger charge is 2.10. The molecule has 0 fully saturated rings. The molecule has 0 bridgehead atoms. The van der Waals surface area contributed by atoms with Gasteiger partial charge in [-0.05, 0) is 48.7 Å². The van der Waals surface area contributed by atoms with Crippen molar-refractivity contribution in [3.8, 4) is 22.6 Å². The van der Waals surface area contributed by atoms with Gasteiger partial charge in [0.25, 0.3) is 11.8 Å². The lowest BCUT2D eigenvalue weighted by Crippen LogP contribution is -2.45. The summed E-state index contributed by atoms with van der Waals surface area (Å²) >= 11 is 0. The van der Waals surface area contributed by atoms with Crippen LogP contribution in [0.3, 0.4) is 0 Å². The zero-order valence-corrected chi connectivity index (χ0v) is 17.0. The Morgan fingerprint density at radius 1 is 0.733 bits per heavy atom. The third kappa shape index (κ3) is 5.85. The molecule has 0 radical (unpaired) electrons. The number of carbonyl (C=O) groups excluding carboxylic acids is 2. The van der Waals surface area contributed by atoms with E-state index in [0.29, 0.717) is 11.5 Å². The summed E-state index contributed by atoms with van der Waals surface area (Å²) < 4.78 is 11.1. The van der Waals surface area contributed by atoms with Crippen molar-refractivity contribution < 1.29 is 19.1 Å². The Hall–Kier alpha value is -3.80. The van der Waals surface area contributed by atoms with Gasteiger partial charge in [-0.15, -0.1) is 0 Å². The number of hydrazine groups is 1. The molecule has 3 aromatic carbocycles.